The van der Waals surface area contributed by atoms with Crippen LogP contribution in [0.2, 0.25) is 0 Å². The van der Waals surface area contributed by atoms with Gasteiger partial charge < -0.3 is 9.47 Å². The Balaban J connectivity index is 1.70. The lowest BCUT2D eigenvalue weighted by Gasteiger charge is -2.25. The molecular weight excluding hydrogens is 326 g/mol. The monoisotopic (exact) mass is 349 g/mol. The number of amides is 1. The van der Waals surface area contributed by atoms with Gasteiger partial charge in [0.25, 0.3) is 5.91 Å². The van der Waals surface area contributed by atoms with E-state index >= 15 is 0 Å². The molecule has 0 radical (unpaired) electrons. The van der Waals surface area contributed by atoms with Crippen molar-refractivity contribution in [3.63, 3.8) is 0 Å². The van der Waals surface area contributed by atoms with Crippen molar-refractivity contribution in [1.82, 2.24) is 24.4 Å². The minimum Gasteiger partial charge on any atom is -0.329 e. The molecule has 2 aromatic heterocycles. The molecule has 1 amide bonds. The van der Waals surface area contributed by atoms with Crippen LogP contribution in [0, 0.1) is 0 Å². The van der Waals surface area contributed by atoms with Gasteiger partial charge in [-0.2, -0.15) is 0 Å². The van der Waals surface area contributed by atoms with Crippen LogP contribution >= 0.6 is 0 Å². The fraction of sp³-hybridized carbons (Fsp3) is 0.400. The van der Waals surface area contributed by atoms with Gasteiger partial charge in [-0.15, -0.1) is 0 Å². The van der Waals surface area contributed by atoms with Gasteiger partial charge in [-0.1, -0.05) is 25.5 Å². The van der Waals surface area contributed by atoms with Crippen molar-refractivity contribution in [1.29, 1.82) is 0 Å². The third-order valence-corrected chi connectivity index (χ3v) is 5.15. The highest BCUT2D eigenvalue weighted by Crippen LogP contribution is 2.34. The molecule has 0 saturated carbocycles. The van der Waals surface area contributed by atoms with E-state index in [1.807, 2.05) is 30.1 Å². The number of nitrogens with zero attached hydrogens (tertiary/aromatic N) is 5. The number of imidazole rings is 1. The topological polar surface area (TPSA) is 63.9 Å². The summed E-state index contributed by atoms with van der Waals surface area (Å²) in [6.07, 6.45) is 6.83. The van der Waals surface area contributed by atoms with Gasteiger partial charge in [0, 0.05) is 19.8 Å². The fourth-order valence-electron chi connectivity index (χ4n) is 3.86. The first-order valence-electron chi connectivity index (χ1n) is 9.22. The number of hydrogen-bond acceptors (Lipinski definition) is 4. The molecule has 0 N–H and O–H groups in total. The van der Waals surface area contributed by atoms with Crippen LogP contribution in [0.3, 0.4) is 0 Å². The maximum absolute atomic E-state index is 13.3. The van der Waals surface area contributed by atoms with Crippen LogP contribution in [0.25, 0.3) is 11.0 Å². The van der Waals surface area contributed by atoms with Gasteiger partial charge in [0.1, 0.15) is 12.2 Å². The summed E-state index contributed by atoms with van der Waals surface area (Å²) in [5.41, 5.74) is 3.53. The van der Waals surface area contributed by atoms with Gasteiger partial charge in [-0.3, -0.25) is 4.79 Å². The van der Waals surface area contributed by atoms with Gasteiger partial charge >= 0.3 is 0 Å². The number of likely N-dealkylation sites (tertiary alicyclic amines) is 1. The first kappa shape index (κ1) is 16.7. The molecule has 6 nitrogen and oxygen atoms in total. The molecule has 1 atom stereocenters. The van der Waals surface area contributed by atoms with Crippen molar-refractivity contribution in [2.75, 3.05) is 6.54 Å². The zero-order valence-electron chi connectivity index (χ0n) is 15.2. The zero-order valence-corrected chi connectivity index (χ0v) is 15.2. The van der Waals surface area contributed by atoms with Crippen LogP contribution in [0.5, 0.6) is 0 Å². The average Bonchev–Trinajstić information content (AvgIpc) is 3.27. The van der Waals surface area contributed by atoms with Gasteiger partial charge in [0.05, 0.1) is 28.3 Å². The van der Waals surface area contributed by atoms with E-state index in [0.717, 1.165) is 54.8 Å². The first-order chi connectivity index (χ1) is 12.7. The van der Waals surface area contributed by atoms with E-state index in [9.17, 15) is 4.79 Å². The number of carbonyl (C=O) groups is 1. The molecule has 0 unspecified atom stereocenters. The molecule has 1 fully saturated rings. The second kappa shape index (κ2) is 6.86. The van der Waals surface area contributed by atoms with E-state index in [-0.39, 0.29) is 11.9 Å². The standard InChI is InChI=1S/C20H23N5O/c1-3-7-15-14(12-21-13-22-15)20(26)25-11-6-10-18(25)19-23-16-8-4-5-9-17(16)24(19)2/h4-5,8-9,12-13,18H,3,6-7,10-11H2,1-2H3/t18-/m1/s1. The molecule has 1 aliphatic heterocycles. The molecule has 3 heterocycles. The van der Waals surface area contributed by atoms with Crippen LogP contribution in [-0.2, 0) is 13.5 Å². The summed E-state index contributed by atoms with van der Waals surface area (Å²) >= 11 is 0. The molecule has 0 aliphatic carbocycles. The molecule has 3 aromatic rings. The SMILES string of the molecule is CCCc1ncncc1C(=O)N1CCC[C@@H]1c1nc2ccccc2n1C. The molecule has 26 heavy (non-hydrogen) atoms. The van der Waals surface area contributed by atoms with E-state index in [2.05, 4.69) is 27.5 Å². The van der Waals surface area contributed by atoms with E-state index in [4.69, 9.17) is 4.98 Å². The first-order valence-corrected chi connectivity index (χ1v) is 9.22. The largest absolute Gasteiger partial charge is 0.329 e. The smallest absolute Gasteiger partial charge is 0.257 e. The maximum Gasteiger partial charge on any atom is 0.257 e. The molecule has 0 bridgehead atoms. The fourth-order valence-corrected chi connectivity index (χ4v) is 3.86. The van der Waals surface area contributed by atoms with Crippen LogP contribution < -0.4 is 0 Å². The average molecular weight is 349 g/mol. The normalized spacial score (nSPS) is 17.2. The van der Waals surface area contributed by atoms with Gasteiger partial charge in [0.15, 0.2) is 0 Å². The van der Waals surface area contributed by atoms with Crippen molar-refractivity contribution >= 4 is 16.9 Å². The van der Waals surface area contributed by atoms with Crippen molar-refractivity contribution in [2.24, 2.45) is 7.05 Å². The van der Waals surface area contributed by atoms with E-state index in [0.29, 0.717) is 5.56 Å². The Morgan fingerprint density at radius 1 is 1.31 bits per heavy atom. The number of aromatic nitrogens is 4. The van der Waals surface area contributed by atoms with E-state index in [1.165, 1.54) is 6.33 Å². The minimum absolute atomic E-state index is 0.00502. The van der Waals surface area contributed by atoms with Crippen molar-refractivity contribution in [3.05, 3.63) is 53.9 Å². The number of aryl methyl sites for hydroxylation is 2. The highest BCUT2D eigenvalue weighted by atomic mass is 16.2. The second-order valence-corrected chi connectivity index (χ2v) is 6.81. The van der Waals surface area contributed by atoms with E-state index < -0.39 is 0 Å². The number of fused-ring (bicyclic) bond motifs is 1. The molecule has 0 spiro atoms. The molecular formula is C20H23N5O. The maximum atomic E-state index is 13.3. The lowest BCUT2D eigenvalue weighted by molar-refractivity contribution is 0.0726. The second-order valence-electron chi connectivity index (χ2n) is 6.81. The molecule has 1 aliphatic rings. The highest BCUT2D eigenvalue weighted by Gasteiger charge is 2.34. The van der Waals surface area contributed by atoms with Gasteiger partial charge in [-0.05, 0) is 31.4 Å². The van der Waals surface area contributed by atoms with Crippen LogP contribution in [0.1, 0.15) is 54.1 Å². The van der Waals surface area contributed by atoms with Crippen molar-refractivity contribution < 1.29 is 4.79 Å². The number of carbonyl (C=O) groups excluding carboxylic acids is 1. The predicted molar refractivity (Wildman–Crippen MR) is 99.8 cm³/mol. The number of hydrogen-bond donors (Lipinski definition) is 0. The Labute approximate surface area is 152 Å². The quantitative estimate of drug-likeness (QED) is 0.725. The molecule has 1 saturated heterocycles. The zero-order chi connectivity index (χ0) is 18.1. The van der Waals surface area contributed by atoms with Crippen LogP contribution in [0.15, 0.2) is 36.8 Å². The van der Waals surface area contributed by atoms with Crippen LogP contribution in [0.4, 0.5) is 0 Å². The lowest BCUT2D eigenvalue weighted by Crippen LogP contribution is -2.32. The van der Waals surface area contributed by atoms with Crippen LogP contribution in [-0.4, -0.2) is 36.9 Å². The molecule has 134 valence electrons. The number of benzene rings is 1. The Morgan fingerprint density at radius 3 is 2.96 bits per heavy atom. The summed E-state index contributed by atoms with van der Waals surface area (Å²) in [5.74, 6) is 0.967. The third kappa shape index (κ3) is 2.75. The molecule has 4 rings (SSSR count). The minimum atomic E-state index is -0.00502. The number of rotatable bonds is 4. The summed E-state index contributed by atoms with van der Waals surface area (Å²) < 4.78 is 2.11. The summed E-state index contributed by atoms with van der Waals surface area (Å²) in [7, 11) is 2.03. The molecule has 6 heteroatoms. The predicted octanol–water partition coefficient (Wildman–Crippen LogP) is 3.29. The van der Waals surface area contributed by atoms with Gasteiger partial charge in [-0.25, -0.2) is 15.0 Å². The highest BCUT2D eigenvalue weighted by molar-refractivity contribution is 5.95. The Hall–Kier alpha value is -2.76. The number of para-hydroxylation sites is 2. The van der Waals surface area contributed by atoms with Gasteiger partial charge in [0.2, 0.25) is 0 Å². The Morgan fingerprint density at radius 2 is 2.15 bits per heavy atom. The van der Waals surface area contributed by atoms with E-state index in [1.54, 1.807) is 6.20 Å². The van der Waals surface area contributed by atoms with Crippen molar-refractivity contribution in [2.45, 2.75) is 38.6 Å². The Kier molecular flexibility index (Phi) is 4.41. The summed E-state index contributed by atoms with van der Waals surface area (Å²) in [4.78, 5) is 28.4. The molecule has 1 aromatic carbocycles. The summed E-state index contributed by atoms with van der Waals surface area (Å²) in [5, 5.41) is 0. The summed E-state index contributed by atoms with van der Waals surface area (Å²) in [6, 6.07) is 8.09. The summed E-state index contributed by atoms with van der Waals surface area (Å²) in [6.45, 7) is 2.83. The third-order valence-electron chi connectivity index (χ3n) is 5.15. The Bertz CT molecular complexity index is 948. The van der Waals surface area contributed by atoms with Crippen molar-refractivity contribution in [3.8, 4) is 0 Å². The lowest BCUT2D eigenvalue weighted by atomic mass is 10.1.